The van der Waals surface area contributed by atoms with Gasteiger partial charge in [-0.15, -0.1) is 0 Å². The maximum Gasteiger partial charge on any atom is 0.226 e. The van der Waals surface area contributed by atoms with Crippen LogP contribution in [0.4, 0.5) is 5.82 Å². The van der Waals surface area contributed by atoms with Gasteiger partial charge in [-0.3, -0.25) is 4.79 Å². The van der Waals surface area contributed by atoms with Crippen molar-refractivity contribution < 1.29 is 4.79 Å². The number of anilines is 1. The summed E-state index contributed by atoms with van der Waals surface area (Å²) in [6, 6.07) is 7.68. The first kappa shape index (κ1) is 18.9. The summed E-state index contributed by atoms with van der Waals surface area (Å²) in [7, 11) is 2.13. The molecule has 1 amide bonds. The lowest BCUT2D eigenvalue weighted by atomic mass is 10.2. The second-order valence-corrected chi connectivity index (χ2v) is 7.34. The summed E-state index contributed by atoms with van der Waals surface area (Å²) in [6.45, 7) is 7.49. The third-order valence-electron chi connectivity index (χ3n) is 4.75. The van der Waals surface area contributed by atoms with Crippen LogP contribution in [-0.2, 0) is 11.3 Å². The quantitative estimate of drug-likeness (QED) is 0.842. The number of benzene rings is 1. The smallest absolute Gasteiger partial charge is 0.226 e. The van der Waals surface area contributed by atoms with E-state index >= 15 is 0 Å². The van der Waals surface area contributed by atoms with Gasteiger partial charge in [-0.1, -0.05) is 23.7 Å². The standard InChI is InChI=1S/C19H26ClN5O/c1-15-13-21-25(14-16-4-3-5-17(20)12-16)19(15)22-18(26)6-7-24-10-8-23(2)9-11-24/h3-5,12-13H,6-11,14H2,1-2H3,(H,22,26). The Labute approximate surface area is 159 Å². The Kier molecular flexibility index (Phi) is 6.29. The van der Waals surface area contributed by atoms with E-state index in [1.807, 2.05) is 35.9 Å². The molecule has 0 atom stereocenters. The van der Waals surface area contributed by atoms with Crippen LogP contribution in [0.15, 0.2) is 30.5 Å². The SMILES string of the molecule is Cc1cnn(Cc2cccc(Cl)c2)c1NC(=O)CCN1CCN(C)CC1. The molecule has 0 unspecified atom stereocenters. The van der Waals surface area contributed by atoms with Gasteiger partial charge in [-0.2, -0.15) is 5.10 Å². The molecule has 0 aliphatic carbocycles. The summed E-state index contributed by atoms with van der Waals surface area (Å²) in [5, 5.41) is 8.13. The first-order chi connectivity index (χ1) is 12.5. The van der Waals surface area contributed by atoms with Crippen LogP contribution < -0.4 is 5.32 Å². The first-order valence-corrected chi connectivity index (χ1v) is 9.36. The second-order valence-electron chi connectivity index (χ2n) is 6.91. The van der Waals surface area contributed by atoms with E-state index in [4.69, 9.17) is 11.6 Å². The molecule has 2 aromatic rings. The van der Waals surface area contributed by atoms with Gasteiger partial charge < -0.3 is 15.1 Å². The highest BCUT2D eigenvalue weighted by Crippen LogP contribution is 2.18. The zero-order chi connectivity index (χ0) is 18.5. The van der Waals surface area contributed by atoms with Crippen LogP contribution >= 0.6 is 11.6 Å². The number of halogens is 1. The first-order valence-electron chi connectivity index (χ1n) is 8.99. The van der Waals surface area contributed by atoms with Gasteiger partial charge in [-0.05, 0) is 31.7 Å². The van der Waals surface area contributed by atoms with Gasteiger partial charge in [-0.25, -0.2) is 4.68 Å². The lowest BCUT2D eigenvalue weighted by Gasteiger charge is -2.32. The molecule has 7 heteroatoms. The topological polar surface area (TPSA) is 53.4 Å². The Balaban J connectivity index is 1.57. The number of rotatable bonds is 6. The van der Waals surface area contributed by atoms with E-state index in [1.54, 1.807) is 6.20 Å². The molecule has 6 nitrogen and oxygen atoms in total. The molecule has 1 N–H and O–H groups in total. The Bertz CT molecular complexity index is 752. The van der Waals surface area contributed by atoms with Gasteiger partial charge >= 0.3 is 0 Å². The fraction of sp³-hybridized carbons (Fsp3) is 0.474. The molecule has 140 valence electrons. The molecule has 0 bridgehead atoms. The number of aromatic nitrogens is 2. The van der Waals surface area contributed by atoms with E-state index in [2.05, 4.69) is 27.3 Å². The Morgan fingerprint density at radius 1 is 1.27 bits per heavy atom. The highest BCUT2D eigenvalue weighted by molar-refractivity contribution is 6.30. The lowest BCUT2D eigenvalue weighted by molar-refractivity contribution is -0.116. The Morgan fingerprint density at radius 3 is 2.77 bits per heavy atom. The largest absolute Gasteiger partial charge is 0.311 e. The Hall–Kier alpha value is -1.89. The van der Waals surface area contributed by atoms with Crippen molar-refractivity contribution in [3.05, 3.63) is 46.6 Å². The average molecular weight is 376 g/mol. The number of carbonyl (C=O) groups excluding carboxylic acids is 1. The minimum atomic E-state index is 0.0277. The van der Waals surface area contributed by atoms with E-state index in [9.17, 15) is 4.79 Å². The van der Waals surface area contributed by atoms with Gasteiger partial charge in [0.15, 0.2) is 0 Å². The van der Waals surface area contributed by atoms with Crippen molar-refractivity contribution in [3.63, 3.8) is 0 Å². The molecule has 26 heavy (non-hydrogen) atoms. The number of aryl methyl sites for hydroxylation is 1. The van der Waals surface area contributed by atoms with E-state index in [0.717, 1.165) is 49.7 Å². The van der Waals surface area contributed by atoms with Gasteiger partial charge in [0.1, 0.15) is 5.82 Å². The number of hydrogen-bond acceptors (Lipinski definition) is 4. The fourth-order valence-corrected chi connectivity index (χ4v) is 3.31. The molecule has 0 spiro atoms. The van der Waals surface area contributed by atoms with Crippen molar-refractivity contribution in [1.82, 2.24) is 19.6 Å². The van der Waals surface area contributed by atoms with E-state index in [1.165, 1.54) is 0 Å². The normalized spacial score (nSPS) is 16.0. The molecular weight excluding hydrogens is 350 g/mol. The van der Waals surface area contributed by atoms with E-state index in [-0.39, 0.29) is 5.91 Å². The van der Waals surface area contributed by atoms with Gasteiger partial charge in [0.05, 0.1) is 12.7 Å². The number of nitrogens with one attached hydrogen (secondary N) is 1. The molecule has 0 saturated carbocycles. The summed E-state index contributed by atoms with van der Waals surface area (Å²) >= 11 is 6.06. The summed E-state index contributed by atoms with van der Waals surface area (Å²) in [5.41, 5.74) is 2.01. The number of carbonyl (C=O) groups is 1. The summed E-state index contributed by atoms with van der Waals surface area (Å²) in [5.74, 6) is 0.785. The number of likely N-dealkylation sites (N-methyl/N-ethyl adjacent to an activating group) is 1. The molecule has 3 rings (SSSR count). The van der Waals surface area contributed by atoms with Crippen molar-refractivity contribution in [2.75, 3.05) is 45.1 Å². The maximum absolute atomic E-state index is 12.4. The molecule has 1 saturated heterocycles. The molecule has 0 radical (unpaired) electrons. The number of hydrogen-bond donors (Lipinski definition) is 1. The van der Waals surface area contributed by atoms with Crippen LogP contribution in [0, 0.1) is 6.92 Å². The highest BCUT2D eigenvalue weighted by Gasteiger charge is 2.16. The van der Waals surface area contributed by atoms with Crippen molar-refractivity contribution in [2.45, 2.75) is 19.9 Å². The van der Waals surface area contributed by atoms with Crippen LogP contribution in [0.5, 0.6) is 0 Å². The fourth-order valence-electron chi connectivity index (χ4n) is 3.10. The molecule has 1 fully saturated rings. The van der Waals surface area contributed by atoms with Gasteiger partial charge in [0, 0.05) is 49.7 Å². The predicted molar refractivity (Wildman–Crippen MR) is 105 cm³/mol. The second kappa shape index (κ2) is 8.66. The number of amides is 1. The van der Waals surface area contributed by atoms with Gasteiger partial charge in [0.2, 0.25) is 5.91 Å². The molecule has 1 aromatic carbocycles. The third kappa shape index (κ3) is 5.06. The van der Waals surface area contributed by atoms with Crippen molar-refractivity contribution in [3.8, 4) is 0 Å². The predicted octanol–water partition coefficient (Wildman–Crippen LogP) is 2.47. The van der Waals surface area contributed by atoms with Crippen LogP contribution in [0.1, 0.15) is 17.5 Å². The molecular formula is C19H26ClN5O. The summed E-state index contributed by atoms with van der Waals surface area (Å²) in [6.07, 6.45) is 2.27. The number of piperazine rings is 1. The van der Waals surface area contributed by atoms with Crippen molar-refractivity contribution in [2.24, 2.45) is 0 Å². The summed E-state index contributed by atoms with van der Waals surface area (Å²) in [4.78, 5) is 17.1. The molecule has 1 aromatic heterocycles. The van der Waals surface area contributed by atoms with Crippen LogP contribution in [0.3, 0.4) is 0 Å². The maximum atomic E-state index is 12.4. The van der Waals surface area contributed by atoms with Crippen LogP contribution in [0.2, 0.25) is 5.02 Å². The van der Waals surface area contributed by atoms with E-state index < -0.39 is 0 Å². The zero-order valence-electron chi connectivity index (χ0n) is 15.4. The monoisotopic (exact) mass is 375 g/mol. The molecule has 1 aliphatic rings. The van der Waals surface area contributed by atoms with Gasteiger partial charge in [0.25, 0.3) is 0 Å². The summed E-state index contributed by atoms with van der Waals surface area (Å²) < 4.78 is 1.81. The van der Waals surface area contributed by atoms with E-state index in [0.29, 0.717) is 18.0 Å². The molecule has 2 heterocycles. The van der Waals surface area contributed by atoms with Crippen LogP contribution in [0.25, 0.3) is 0 Å². The highest BCUT2D eigenvalue weighted by atomic mass is 35.5. The number of nitrogens with zero attached hydrogens (tertiary/aromatic N) is 4. The Morgan fingerprint density at radius 2 is 2.04 bits per heavy atom. The third-order valence-corrected chi connectivity index (χ3v) is 4.99. The van der Waals surface area contributed by atoms with Crippen LogP contribution in [-0.4, -0.2) is 65.3 Å². The minimum absolute atomic E-state index is 0.0277. The lowest BCUT2D eigenvalue weighted by Crippen LogP contribution is -2.45. The average Bonchev–Trinajstić information content (AvgIpc) is 2.94. The van der Waals surface area contributed by atoms with Crippen molar-refractivity contribution >= 4 is 23.3 Å². The minimum Gasteiger partial charge on any atom is -0.311 e. The molecule has 1 aliphatic heterocycles. The van der Waals surface area contributed by atoms with Crippen molar-refractivity contribution in [1.29, 1.82) is 0 Å². The zero-order valence-corrected chi connectivity index (χ0v) is 16.2.